The van der Waals surface area contributed by atoms with E-state index in [1.807, 2.05) is 0 Å². The van der Waals surface area contributed by atoms with Crippen molar-refractivity contribution < 1.29 is 35.1 Å². The average Bonchev–Trinajstić information content (AvgIpc) is 2.24. The number of carbonyl (C=O) groups excluding carboxylic acids is 1. The number of nitrogens with two attached hydrogens (primary N) is 1. The van der Waals surface area contributed by atoms with Crippen LogP contribution < -0.4 is 5.73 Å². The first-order chi connectivity index (χ1) is 6.81. The lowest BCUT2D eigenvalue weighted by molar-refractivity contribution is -0.257. The molecule has 0 fully saturated rings. The Hall–Kier alpha value is -0.770. The molecule has 0 aliphatic rings. The topological polar surface area (TPSA) is 153 Å². The summed E-state index contributed by atoms with van der Waals surface area (Å²) >= 11 is 0. The third kappa shape index (κ3) is 2.84. The summed E-state index contributed by atoms with van der Waals surface area (Å²) in [6.07, 6.45) is -5.89. The van der Waals surface area contributed by atoms with Crippen molar-refractivity contribution >= 4 is 5.91 Å². The van der Waals surface area contributed by atoms with Crippen LogP contribution in [0.4, 0.5) is 0 Å². The third-order valence-corrected chi connectivity index (χ3v) is 1.97. The van der Waals surface area contributed by atoms with Crippen LogP contribution in [0.3, 0.4) is 0 Å². The van der Waals surface area contributed by atoms with Crippen molar-refractivity contribution in [1.29, 1.82) is 0 Å². The first-order valence-electron chi connectivity index (χ1n) is 4.03. The summed E-state index contributed by atoms with van der Waals surface area (Å²) < 4.78 is 4.26. The molecule has 0 saturated carbocycles. The molecule has 0 spiro atoms. The normalized spacial score (nSPS) is 21.5. The summed E-state index contributed by atoms with van der Waals surface area (Å²) in [5.74, 6) is -4.25. The number of carbonyl (C=O) groups is 1. The van der Waals surface area contributed by atoms with Gasteiger partial charge < -0.3 is 36.0 Å². The number of amides is 1. The van der Waals surface area contributed by atoms with Crippen molar-refractivity contribution in [3.05, 3.63) is 0 Å². The molecule has 0 bridgehead atoms. The molecule has 0 heterocycles. The van der Waals surface area contributed by atoms with E-state index in [9.17, 15) is 20.1 Å². The quantitative estimate of drug-likeness (QED) is 0.251. The molecular weight excluding hydrogens is 210 g/mol. The van der Waals surface area contributed by atoms with Gasteiger partial charge in [0.15, 0.2) is 0 Å². The fourth-order valence-corrected chi connectivity index (χ4v) is 0.917. The molecule has 0 saturated heterocycles. The monoisotopic (exact) mass is 225 g/mol. The lowest BCUT2D eigenvalue weighted by atomic mass is 10.00. The second kappa shape index (κ2) is 5.35. The van der Waals surface area contributed by atoms with Crippen molar-refractivity contribution in [2.24, 2.45) is 5.73 Å². The summed E-state index contributed by atoms with van der Waals surface area (Å²) in [5, 5.41) is 45.3. The molecule has 0 aromatic carbocycles. The van der Waals surface area contributed by atoms with Crippen LogP contribution in [0.25, 0.3) is 0 Å². The summed E-state index contributed by atoms with van der Waals surface area (Å²) in [5.41, 5.74) is 4.73. The maximum Gasteiger partial charge on any atom is 0.280 e. The molecule has 0 radical (unpaired) electrons. The van der Waals surface area contributed by atoms with Gasteiger partial charge in [-0.15, -0.1) is 0 Å². The lowest BCUT2D eigenvalue weighted by Crippen LogP contribution is -2.61. The molecule has 15 heavy (non-hydrogen) atoms. The number of primary amides is 1. The second-order valence-corrected chi connectivity index (χ2v) is 2.95. The van der Waals surface area contributed by atoms with Gasteiger partial charge in [-0.3, -0.25) is 4.79 Å². The molecule has 8 nitrogen and oxygen atoms in total. The van der Waals surface area contributed by atoms with E-state index in [2.05, 4.69) is 4.74 Å². The average molecular weight is 225 g/mol. The zero-order valence-electron chi connectivity index (χ0n) is 8.07. The van der Waals surface area contributed by atoms with Gasteiger partial charge in [0.2, 0.25) is 0 Å². The van der Waals surface area contributed by atoms with Crippen LogP contribution in [-0.4, -0.2) is 69.3 Å². The van der Waals surface area contributed by atoms with E-state index in [0.717, 1.165) is 7.11 Å². The SMILES string of the molecule is CO[C@](O)(C(N)=O)[C@@H](O)[C@H](O)[C@H](O)CO. The van der Waals surface area contributed by atoms with E-state index in [0.29, 0.717) is 0 Å². The first kappa shape index (κ1) is 14.2. The van der Waals surface area contributed by atoms with Gasteiger partial charge >= 0.3 is 0 Å². The Labute approximate surface area is 85.5 Å². The number of ether oxygens (including phenoxy) is 1. The van der Waals surface area contributed by atoms with Crippen LogP contribution >= 0.6 is 0 Å². The van der Waals surface area contributed by atoms with Crippen molar-refractivity contribution in [3.63, 3.8) is 0 Å². The predicted molar refractivity (Wildman–Crippen MR) is 46.3 cm³/mol. The Kier molecular flexibility index (Phi) is 5.08. The Morgan fingerprint density at radius 3 is 2.20 bits per heavy atom. The van der Waals surface area contributed by atoms with Crippen molar-refractivity contribution in [2.45, 2.75) is 24.1 Å². The van der Waals surface area contributed by atoms with Crippen molar-refractivity contribution in [1.82, 2.24) is 0 Å². The van der Waals surface area contributed by atoms with E-state index < -0.39 is 36.6 Å². The number of rotatable bonds is 6. The Balaban J connectivity index is 4.79. The number of hydrogen-bond donors (Lipinski definition) is 6. The van der Waals surface area contributed by atoms with Gasteiger partial charge in [0.05, 0.1) is 6.61 Å². The minimum absolute atomic E-state index is 0.864. The molecule has 0 aliphatic heterocycles. The maximum absolute atomic E-state index is 10.7. The van der Waals surface area contributed by atoms with Crippen LogP contribution in [-0.2, 0) is 9.53 Å². The van der Waals surface area contributed by atoms with Crippen molar-refractivity contribution in [3.8, 4) is 0 Å². The van der Waals surface area contributed by atoms with Gasteiger partial charge in [-0.2, -0.15) is 0 Å². The highest BCUT2D eigenvalue weighted by Gasteiger charge is 2.47. The Bertz CT molecular complexity index is 223. The molecule has 0 aromatic heterocycles. The van der Waals surface area contributed by atoms with Crippen LogP contribution in [0.15, 0.2) is 0 Å². The van der Waals surface area contributed by atoms with Gasteiger partial charge in [0.25, 0.3) is 11.7 Å². The van der Waals surface area contributed by atoms with Crippen LogP contribution in [0.1, 0.15) is 0 Å². The largest absolute Gasteiger partial charge is 0.394 e. The van der Waals surface area contributed by atoms with E-state index in [1.54, 1.807) is 0 Å². The first-order valence-corrected chi connectivity index (χ1v) is 4.03. The van der Waals surface area contributed by atoms with Gasteiger partial charge in [-0.25, -0.2) is 0 Å². The van der Waals surface area contributed by atoms with E-state index in [1.165, 1.54) is 0 Å². The molecule has 0 unspecified atom stereocenters. The Morgan fingerprint density at radius 2 is 1.93 bits per heavy atom. The minimum Gasteiger partial charge on any atom is -0.394 e. The molecule has 7 N–H and O–H groups in total. The van der Waals surface area contributed by atoms with Gasteiger partial charge in [0.1, 0.15) is 18.3 Å². The van der Waals surface area contributed by atoms with Gasteiger partial charge in [0, 0.05) is 7.11 Å². The highest BCUT2D eigenvalue weighted by atomic mass is 16.6. The smallest absolute Gasteiger partial charge is 0.280 e. The third-order valence-electron chi connectivity index (χ3n) is 1.97. The predicted octanol–water partition coefficient (Wildman–Crippen LogP) is -4.12. The molecule has 0 aromatic rings. The maximum atomic E-state index is 10.7. The van der Waals surface area contributed by atoms with Crippen LogP contribution in [0.5, 0.6) is 0 Å². The minimum atomic E-state index is -2.82. The van der Waals surface area contributed by atoms with E-state index >= 15 is 0 Å². The molecule has 0 aliphatic carbocycles. The van der Waals surface area contributed by atoms with Crippen LogP contribution in [0.2, 0.25) is 0 Å². The molecule has 90 valence electrons. The van der Waals surface area contributed by atoms with Crippen molar-refractivity contribution in [2.75, 3.05) is 13.7 Å². The molecule has 8 heteroatoms. The lowest BCUT2D eigenvalue weighted by Gasteiger charge is -2.32. The fraction of sp³-hybridized carbons (Fsp3) is 0.857. The number of hydrogen-bond acceptors (Lipinski definition) is 7. The summed E-state index contributed by atoms with van der Waals surface area (Å²) in [4.78, 5) is 10.7. The number of aliphatic hydroxyl groups is 5. The molecule has 4 atom stereocenters. The summed E-state index contributed by atoms with van der Waals surface area (Å²) in [6.45, 7) is -0.864. The number of aliphatic hydroxyl groups excluding tert-OH is 4. The Morgan fingerprint density at radius 1 is 1.47 bits per heavy atom. The number of methoxy groups -OCH3 is 1. The molecule has 1 amide bonds. The summed E-state index contributed by atoms with van der Waals surface area (Å²) in [6, 6.07) is 0. The fourth-order valence-electron chi connectivity index (χ4n) is 0.917. The van der Waals surface area contributed by atoms with Gasteiger partial charge in [-0.1, -0.05) is 0 Å². The summed E-state index contributed by atoms with van der Waals surface area (Å²) in [7, 11) is 0.881. The van der Waals surface area contributed by atoms with E-state index in [4.69, 9.17) is 15.9 Å². The van der Waals surface area contributed by atoms with Gasteiger partial charge in [-0.05, 0) is 0 Å². The highest BCUT2D eigenvalue weighted by molar-refractivity contribution is 5.82. The zero-order valence-corrected chi connectivity index (χ0v) is 8.07. The molecular formula is C7H15NO7. The second-order valence-electron chi connectivity index (χ2n) is 2.95. The zero-order chi connectivity index (χ0) is 12.2. The standard InChI is InChI=1S/C7H15NO7/c1-15-7(14,6(8)13)5(12)4(11)3(10)2-9/h3-5,9-12,14H,2H2,1H3,(H2,8,13)/t3-,4-,5+,7+/m1/s1. The molecule has 0 rings (SSSR count). The highest BCUT2D eigenvalue weighted by Crippen LogP contribution is 2.16. The van der Waals surface area contributed by atoms with Crippen LogP contribution in [0, 0.1) is 0 Å². The van der Waals surface area contributed by atoms with E-state index in [-0.39, 0.29) is 0 Å².